The maximum Gasteiger partial charge on any atom is 0.253 e. The second kappa shape index (κ2) is 4.49. The highest BCUT2D eigenvalue weighted by atomic mass is 19.1. The highest BCUT2D eigenvalue weighted by Gasteiger charge is 2.19. The minimum atomic E-state index is -0.764. The summed E-state index contributed by atoms with van der Waals surface area (Å²) in [6.45, 7) is 1.24. The summed E-state index contributed by atoms with van der Waals surface area (Å²) in [4.78, 5) is 11.1. The third-order valence-corrected chi connectivity index (χ3v) is 2.55. The van der Waals surface area contributed by atoms with Gasteiger partial charge in [-0.05, 0) is 18.6 Å². The summed E-state index contributed by atoms with van der Waals surface area (Å²) in [6, 6.07) is 4.51. The van der Waals surface area contributed by atoms with E-state index in [9.17, 15) is 9.18 Å². The first-order chi connectivity index (χ1) is 7.68. The Balaban J connectivity index is 2.25. The van der Waals surface area contributed by atoms with Crippen molar-refractivity contribution in [2.75, 3.05) is 18.5 Å². The lowest BCUT2D eigenvalue weighted by Crippen LogP contribution is -2.23. The summed E-state index contributed by atoms with van der Waals surface area (Å²) in [7, 11) is 0. The minimum absolute atomic E-state index is 0.0885. The Morgan fingerprint density at radius 2 is 2.38 bits per heavy atom. The molecule has 0 spiro atoms. The number of ether oxygens (including phenoxy) is 1. The molecule has 1 aliphatic rings. The lowest BCUT2D eigenvalue weighted by molar-refractivity contribution is 0.0997. The maximum absolute atomic E-state index is 13.4. The smallest absolute Gasteiger partial charge is 0.253 e. The molecular formula is C11H13FN2O2. The van der Waals surface area contributed by atoms with Crippen LogP contribution >= 0.6 is 0 Å². The van der Waals surface area contributed by atoms with Crippen molar-refractivity contribution in [2.24, 2.45) is 5.73 Å². The van der Waals surface area contributed by atoms with Gasteiger partial charge in [0.05, 0.1) is 23.9 Å². The summed E-state index contributed by atoms with van der Waals surface area (Å²) in [5.74, 6) is -1.36. The maximum atomic E-state index is 13.4. The van der Waals surface area contributed by atoms with E-state index in [4.69, 9.17) is 10.5 Å². The van der Waals surface area contributed by atoms with Crippen LogP contribution in [0.25, 0.3) is 0 Å². The van der Waals surface area contributed by atoms with Gasteiger partial charge in [-0.3, -0.25) is 4.79 Å². The molecule has 0 aromatic heterocycles. The largest absolute Gasteiger partial charge is 0.379 e. The van der Waals surface area contributed by atoms with Crippen molar-refractivity contribution in [3.63, 3.8) is 0 Å². The molecule has 1 atom stereocenters. The van der Waals surface area contributed by atoms with Crippen LogP contribution < -0.4 is 11.1 Å². The molecule has 4 nitrogen and oxygen atoms in total. The van der Waals surface area contributed by atoms with Crippen LogP contribution in [-0.2, 0) is 4.74 Å². The second-order valence-electron chi connectivity index (χ2n) is 3.73. The minimum Gasteiger partial charge on any atom is -0.379 e. The molecule has 1 amide bonds. The van der Waals surface area contributed by atoms with Gasteiger partial charge in [0.25, 0.3) is 5.91 Å². The fourth-order valence-corrected chi connectivity index (χ4v) is 1.76. The Hall–Kier alpha value is -1.62. The molecule has 1 aromatic rings. The van der Waals surface area contributed by atoms with Gasteiger partial charge in [-0.1, -0.05) is 6.07 Å². The number of hydrogen-bond donors (Lipinski definition) is 2. The average molecular weight is 224 g/mol. The Morgan fingerprint density at radius 3 is 3.00 bits per heavy atom. The number of carbonyl (C=O) groups excluding carboxylic acids is 1. The summed E-state index contributed by atoms with van der Waals surface area (Å²) in [5, 5.41) is 3.07. The van der Waals surface area contributed by atoms with E-state index >= 15 is 0 Å². The highest BCUT2D eigenvalue weighted by Crippen LogP contribution is 2.21. The van der Waals surface area contributed by atoms with Gasteiger partial charge in [-0.15, -0.1) is 0 Å². The molecule has 1 heterocycles. The fraction of sp³-hybridized carbons (Fsp3) is 0.364. The standard InChI is InChI=1S/C11H13FN2O2/c12-8-2-1-3-9(10(8)11(13)15)14-7-4-5-16-6-7/h1-3,7,14H,4-6H2,(H2,13,15). The predicted molar refractivity (Wildman–Crippen MR) is 57.8 cm³/mol. The van der Waals surface area contributed by atoms with Crippen LogP contribution in [0.3, 0.4) is 0 Å². The van der Waals surface area contributed by atoms with E-state index in [1.54, 1.807) is 12.1 Å². The first-order valence-electron chi connectivity index (χ1n) is 5.11. The molecule has 1 fully saturated rings. The molecule has 86 valence electrons. The number of hydrogen-bond acceptors (Lipinski definition) is 3. The number of nitrogens with one attached hydrogen (secondary N) is 1. The molecule has 1 aromatic carbocycles. The molecule has 0 radical (unpaired) electrons. The number of carbonyl (C=O) groups is 1. The number of rotatable bonds is 3. The topological polar surface area (TPSA) is 64.4 Å². The summed E-state index contributed by atoms with van der Waals surface area (Å²) in [6.07, 6.45) is 0.842. The summed E-state index contributed by atoms with van der Waals surface area (Å²) < 4.78 is 18.6. The molecule has 3 N–H and O–H groups in total. The van der Waals surface area contributed by atoms with Gasteiger partial charge < -0.3 is 15.8 Å². The number of amides is 1. The molecule has 0 aliphatic carbocycles. The van der Waals surface area contributed by atoms with Gasteiger partial charge in [-0.25, -0.2) is 4.39 Å². The number of nitrogens with two attached hydrogens (primary N) is 1. The Bertz CT molecular complexity index is 403. The SMILES string of the molecule is NC(=O)c1c(F)cccc1NC1CCOC1. The third-order valence-electron chi connectivity index (χ3n) is 2.55. The van der Waals surface area contributed by atoms with Crippen LogP contribution in [-0.4, -0.2) is 25.2 Å². The van der Waals surface area contributed by atoms with Crippen molar-refractivity contribution in [1.82, 2.24) is 0 Å². The summed E-state index contributed by atoms with van der Waals surface area (Å²) in [5.41, 5.74) is 5.48. The van der Waals surface area contributed by atoms with Crippen molar-refractivity contribution in [2.45, 2.75) is 12.5 Å². The van der Waals surface area contributed by atoms with Gasteiger partial charge in [0.15, 0.2) is 0 Å². The molecule has 16 heavy (non-hydrogen) atoms. The first kappa shape index (κ1) is 10.9. The van der Waals surface area contributed by atoms with Crippen molar-refractivity contribution in [1.29, 1.82) is 0 Å². The van der Waals surface area contributed by atoms with Gasteiger partial charge in [0.2, 0.25) is 0 Å². The normalized spacial score (nSPS) is 19.7. The quantitative estimate of drug-likeness (QED) is 0.808. The highest BCUT2D eigenvalue weighted by molar-refractivity contribution is 5.98. The van der Waals surface area contributed by atoms with E-state index in [0.29, 0.717) is 18.9 Å². The zero-order chi connectivity index (χ0) is 11.5. The number of anilines is 1. The Morgan fingerprint density at radius 1 is 1.56 bits per heavy atom. The zero-order valence-electron chi connectivity index (χ0n) is 8.70. The van der Waals surface area contributed by atoms with Gasteiger partial charge in [0.1, 0.15) is 5.82 Å². The Kier molecular flexibility index (Phi) is 3.05. The lowest BCUT2D eigenvalue weighted by atomic mass is 10.1. The number of benzene rings is 1. The van der Waals surface area contributed by atoms with Crippen LogP contribution in [0, 0.1) is 5.82 Å². The fourth-order valence-electron chi connectivity index (χ4n) is 1.76. The predicted octanol–water partition coefficient (Wildman–Crippen LogP) is 1.13. The first-order valence-corrected chi connectivity index (χ1v) is 5.11. The van der Waals surface area contributed by atoms with E-state index in [0.717, 1.165) is 6.42 Å². The van der Waals surface area contributed by atoms with Crippen molar-refractivity contribution in [3.8, 4) is 0 Å². The van der Waals surface area contributed by atoms with E-state index in [1.165, 1.54) is 6.07 Å². The van der Waals surface area contributed by atoms with Crippen LogP contribution in [0.1, 0.15) is 16.8 Å². The molecule has 0 bridgehead atoms. The van der Waals surface area contributed by atoms with Crippen molar-refractivity contribution < 1.29 is 13.9 Å². The van der Waals surface area contributed by atoms with Crippen LogP contribution in [0.5, 0.6) is 0 Å². The molecule has 1 aliphatic heterocycles. The van der Waals surface area contributed by atoms with Crippen LogP contribution in [0.4, 0.5) is 10.1 Å². The number of halogens is 1. The monoisotopic (exact) mass is 224 g/mol. The van der Waals surface area contributed by atoms with Gasteiger partial charge in [-0.2, -0.15) is 0 Å². The van der Waals surface area contributed by atoms with E-state index in [1.807, 2.05) is 0 Å². The third kappa shape index (κ3) is 2.14. The van der Waals surface area contributed by atoms with Crippen molar-refractivity contribution >= 4 is 11.6 Å². The molecule has 1 unspecified atom stereocenters. The average Bonchev–Trinajstić information content (AvgIpc) is 2.70. The van der Waals surface area contributed by atoms with Crippen LogP contribution in [0.15, 0.2) is 18.2 Å². The number of primary amides is 1. The zero-order valence-corrected chi connectivity index (χ0v) is 8.70. The summed E-state index contributed by atoms with van der Waals surface area (Å²) >= 11 is 0. The lowest BCUT2D eigenvalue weighted by Gasteiger charge is -2.14. The molecule has 2 rings (SSSR count). The second-order valence-corrected chi connectivity index (χ2v) is 3.73. The van der Waals surface area contributed by atoms with E-state index in [-0.39, 0.29) is 11.6 Å². The van der Waals surface area contributed by atoms with Crippen LogP contribution in [0.2, 0.25) is 0 Å². The molecular weight excluding hydrogens is 211 g/mol. The van der Waals surface area contributed by atoms with Gasteiger partial charge in [0, 0.05) is 6.61 Å². The van der Waals surface area contributed by atoms with E-state index < -0.39 is 11.7 Å². The molecule has 5 heteroatoms. The molecule has 1 saturated heterocycles. The molecule has 0 saturated carbocycles. The van der Waals surface area contributed by atoms with Crippen molar-refractivity contribution in [3.05, 3.63) is 29.6 Å². The van der Waals surface area contributed by atoms with Gasteiger partial charge >= 0.3 is 0 Å². The van der Waals surface area contributed by atoms with E-state index in [2.05, 4.69) is 5.32 Å². The Labute approximate surface area is 92.6 Å².